The lowest BCUT2D eigenvalue weighted by Gasteiger charge is -2.14. The average Bonchev–Trinajstić information content (AvgIpc) is 2.41. The number of amides is 1. The van der Waals surface area contributed by atoms with E-state index in [1.807, 2.05) is 0 Å². The van der Waals surface area contributed by atoms with Crippen LogP contribution in [0.5, 0.6) is 0 Å². The molecule has 1 heterocycles. The van der Waals surface area contributed by atoms with Crippen molar-refractivity contribution in [3.8, 4) is 0 Å². The zero-order chi connectivity index (χ0) is 11.9. The molecule has 1 aliphatic heterocycles. The number of sulfonamides is 1. The van der Waals surface area contributed by atoms with Gasteiger partial charge in [-0.1, -0.05) is 12.1 Å². The lowest BCUT2D eigenvalue weighted by Crippen LogP contribution is -2.41. The Morgan fingerprint density at radius 2 is 1.94 bits per heavy atom. The molecule has 0 unspecified atom stereocenters. The predicted octanol–water partition coefficient (Wildman–Crippen LogP) is -1.42. The fraction of sp³-hybridized carbons (Fsp3) is 0.111. The number of nitrogens with zero attached hydrogens (tertiary/aromatic N) is 1. The molecule has 0 saturated carbocycles. The van der Waals surface area contributed by atoms with Crippen LogP contribution < -0.4 is 5.11 Å². The van der Waals surface area contributed by atoms with Crippen LogP contribution in [0.1, 0.15) is 10.4 Å². The Morgan fingerprint density at radius 1 is 1.31 bits per heavy atom. The van der Waals surface area contributed by atoms with Gasteiger partial charge in [-0.05, 0) is 12.1 Å². The second kappa shape index (κ2) is 3.31. The molecule has 0 aromatic heterocycles. The highest BCUT2D eigenvalue weighted by Gasteiger charge is 2.40. The number of carbonyl (C=O) groups excluding carboxylic acids is 2. The van der Waals surface area contributed by atoms with Crippen molar-refractivity contribution in [3.63, 3.8) is 0 Å². The molecule has 0 aliphatic carbocycles. The molecule has 84 valence electrons. The number of benzene rings is 1. The standard InChI is InChI=1S/C9H7NO5S/c11-8(12)5-10-9(13)6-3-1-2-4-7(6)16(10,14)15/h1-4H,5H2,(H,11,12)/p-1. The van der Waals surface area contributed by atoms with Gasteiger partial charge in [0.1, 0.15) is 4.90 Å². The molecule has 0 bridgehead atoms. The van der Waals surface area contributed by atoms with Crippen molar-refractivity contribution in [3.05, 3.63) is 29.8 Å². The molecule has 6 nitrogen and oxygen atoms in total. The average molecular weight is 240 g/mol. The van der Waals surface area contributed by atoms with Crippen LogP contribution in [0.4, 0.5) is 0 Å². The fourth-order valence-corrected chi connectivity index (χ4v) is 3.02. The van der Waals surface area contributed by atoms with Gasteiger partial charge in [-0.3, -0.25) is 4.79 Å². The number of aliphatic carboxylic acids is 1. The lowest BCUT2D eigenvalue weighted by atomic mass is 10.2. The summed E-state index contributed by atoms with van der Waals surface area (Å²) in [4.78, 5) is 21.8. The van der Waals surface area contributed by atoms with Gasteiger partial charge >= 0.3 is 0 Å². The van der Waals surface area contributed by atoms with E-state index < -0.39 is 28.4 Å². The van der Waals surface area contributed by atoms with E-state index >= 15 is 0 Å². The van der Waals surface area contributed by atoms with E-state index in [1.165, 1.54) is 24.3 Å². The van der Waals surface area contributed by atoms with E-state index in [1.54, 1.807) is 0 Å². The van der Waals surface area contributed by atoms with Crippen LogP contribution in [0.2, 0.25) is 0 Å². The predicted molar refractivity (Wildman–Crippen MR) is 49.7 cm³/mol. The molecule has 0 spiro atoms. The van der Waals surface area contributed by atoms with Gasteiger partial charge in [0.2, 0.25) is 0 Å². The largest absolute Gasteiger partial charge is 0.548 e. The Bertz CT molecular complexity index is 577. The van der Waals surface area contributed by atoms with Gasteiger partial charge in [0.25, 0.3) is 15.9 Å². The van der Waals surface area contributed by atoms with Crippen LogP contribution in [-0.2, 0) is 14.8 Å². The van der Waals surface area contributed by atoms with Gasteiger partial charge in [-0.25, -0.2) is 12.7 Å². The minimum atomic E-state index is -4.03. The third kappa shape index (κ3) is 1.36. The first-order valence-electron chi connectivity index (χ1n) is 4.30. The number of fused-ring (bicyclic) bond motifs is 1. The van der Waals surface area contributed by atoms with E-state index in [4.69, 9.17) is 0 Å². The Labute approximate surface area is 91.2 Å². The first-order chi connectivity index (χ1) is 7.44. The van der Waals surface area contributed by atoms with Gasteiger partial charge < -0.3 is 9.90 Å². The highest BCUT2D eigenvalue weighted by atomic mass is 32.2. The Kier molecular flexibility index (Phi) is 2.20. The fourth-order valence-electron chi connectivity index (χ4n) is 1.50. The van der Waals surface area contributed by atoms with Crippen LogP contribution in [0.3, 0.4) is 0 Å². The van der Waals surface area contributed by atoms with Crippen LogP contribution in [0, 0.1) is 0 Å². The summed E-state index contributed by atoms with van der Waals surface area (Å²) < 4.78 is 23.8. The summed E-state index contributed by atoms with van der Waals surface area (Å²) in [7, 11) is -4.03. The number of carbonyl (C=O) groups is 2. The zero-order valence-electron chi connectivity index (χ0n) is 7.91. The number of rotatable bonds is 2. The maximum atomic E-state index is 11.7. The quantitative estimate of drug-likeness (QED) is 0.632. The molecule has 1 amide bonds. The molecule has 16 heavy (non-hydrogen) atoms. The molecule has 0 N–H and O–H groups in total. The summed E-state index contributed by atoms with van der Waals surface area (Å²) in [5, 5.41) is 10.4. The van der Waals surface area contributed by atoms with Crippen molar-refractivity contribution in [2.75, 3.05) is 6.54 Å². The number of hydrogen-bond donors (Lipinski definition) is 0. The van der Waals surface area contributed by atoms with Crippen molar-refractivity contribution in [1.29, 1.82) is 0 Å². The van der Waals surface area contributed by atoms with E-state index in [2.05, 4.69) is 0 Å². The summed E-state index contributed by atoms with van der Waals surface area (Å²) in [6, 6.07) is 5.57. The topological polar surface area (TPSA) is 94.6 Å². The highest BCUT2D eigenvalue weighted by Crippen LogP contribution is 2.29. The molecular formula is C9H6NO5S-. The van der Waals surface area contributed by atoms with E-state index in [0.29, 0.717) is 4.31 Å². The summed E-state index contributed by atoms with van der Waals surface area (Å²) in [5.41, 5.74) is -0.0104. The molecular weight excluding hydrogens is 234 g/mol. The normalized spacial score (nSPS) is 17.2. The molecule has 1 aliphatic rings. The second-order valence-electron chi connectivity index (χ2n) is 3.19. The third-order valence-corrected chi connectivity index (χ3v) is 3.97. The Balaban J connectivity index is 2.58. The Hall–Kier alpha value is -1.89. The maximum absolute atomic E-state index is 11.7. The van der Waals surface area contributed by atoms with E-state index in [-0.39, 0.29) is 10.5 Å². The smallest absolute Gasteiger partial charge is 0.269 e. The molecule has 1 aromatic rings. The SMILES string of the molecule is O=C([O-])CN1C(=O)c2ccccc2S1(=O)=O. The highest BCUT2D eigenvalue weighted by molar-refractivity contribution is 7.90. The Morgan fingerprint density at radius 3 is 2.50 bits per heavy atom. The van der Waals surface area contributed by atoms with Gasteiger partial charge in [-0.2, -0.15) is 0 Å². The summed E-state index contributed by atoms with van der Waals surface area (Å²) in [6.07, 6.45) is 0. The summed E-state index contributed by atoms with van der Waals surface area (Å²) in [6.45, 7) is -0.962. The maximum Gasteiger partial charge on any atom is 0.269 e. The van der Waals surface area contributed by atoms with Gasteiger partial charge in [-0.15, -0.1) is 0 Å². The first kappa shape index (κ1) is 10.6. The summed E-state index contributed by atoms with van der Waals surface area (Å²) >= 11 is 0. The van der Waals surface area contributed by atoms with Crippen molar-refractivity contribution in [1.82, 2.24) is 4.31 Å². The van der Waals surface area contributed by atoms with E-state index in [9.17, 15) is 23.1 Å². The molecule has 1 aromatic carbocycles. The van der Waals surface area contributed by atoms with Gasteiger partial charge in [0.15, 0.2) is 0 Å². The zero-order valence-corrected chi connectivity index (χ0v) is 8.73. The molecule has 0 radical (unpaired) electrons. The first-order valence-corrected chi connectivity index (χ1v) is 5.74. The van der Waals surface area contributed by atoms with Gasteiger partial charge in [0.05, 0.1) is 18.1 Å². The van der Waals surface area contributed by atoms with Crippen molar-refractivity contribution >= 4 is 21.9 Å². The summed E-state index contributed by atoms with van der Waals surface area (Å²) in [5.74, 6) is -2.45. The van der Waals surface area contributed by atoms with Crippen molar-refractivity contribution in [2.45, 2.75) is 4.90 Å². The minimum absolute atomic E-state index is 0.0104. The third-order valence-electron chi connectivity index (χ3n) is 2.18. The van der Waals surface area contributed by atoms with Crippen LogP contribution in [-0.4, -0.2) is 31.1 Å². The van der Waals surface area contributed by atoms with Crippen LogP contribution in [0.25, 0.3) is 0 Å². The molecule has 2 rings (SSSR count). The van der Waals surface area contributed by atoms with Crippen LogP contribution >= 0.6 is 0 Å². The minimum Gasteiger partial charge on any atom is -0.548 e. The number of hydrogen-bond acceptors (Lipinski definition) is 5. The lowest BCUT2D eigenvalue weighted by molar-refractivity contribution is -0.304. The van der Waals surface area contributed by atoms with Crippen molar-refractivity contribution in [2.24, 2.45) is 0 Å². The molecule has 7 heteroatoms. The number of carboxylic acid groups (broad SMARTS) is 1. The van der Waals surface area contributed by atoms with Gasteiger partial charge in [0, 0.05) is 0 Å². The monoisotopic (exact) mass is 240 g/mol. The van der Waals surface area contributed by atoms with Crippen molar-refractivity contribution < 1.29 is 23.1 Å². The molecule has 0 fully saturated rings. The molecule has 0 atom stereocenters. The van der Waals surface area contributed by atoms with Crippen LogP contribution in [0.15, 0.2) is 29.2 Å². The molecule has 0 saturated heterocycles. The second-order valence-corrected chi connectivity index (χ2v) is 5.02. The number of carboxylic acids is 1. The van der Waals surface area contributed by atoms with E-state index in [0.717, 1.165) is 0 Å².